The van der Waals surface area contributed by atoms with Gasteiger partial charge in [0.25, 0.3) is 0 Å². The SMILES string of the molecule is CCCCC/C=C\C/C=C\C/C=C\C/C=C\CCCC(=O)NCCc1ccc(O[11CH3])cc1. The summed E-state index contributed by atoms with van der Waals surface area (Å²) >= 11 is 0. The van der Waals surface area contributed by atoms with Crippen molar-refractivity contribution < 1.29 is 9.53 Å². The summed E-state index contributed by atoms with van der Waals surface area (Å²) in [5.74, 6) is 0.990. The fourth-order valence-electron chi connectivity index (χ4n) is 3.17. The molecule has 3 heteroatoms. The zero-order chi connectivity index (χ0) is 23.1. The van der Waals surface area contributed by atoms with E-state index >= 15 is 0 Å². The lowest BCUT2D eigenvalue weighted by Gasteiger charge is -2.06. The number of allylic oxidation sites excluding steroid dienone is 8. The largest absolute Gasteiger partial charge is 0.497 e. The summed E-state index contributed by atoms with van der Waals surface area (Å²) in [7, 11) is 1.66. The molecule has 0 unspecified atom stereocenters. The molecule has 1 amide bonds. The van der Waals surface area contributed by atoms with Crippen LogP contribution in [0.3, 0.4) is 0 Å². The van der Waals surface area contributed by atoms with E-state index in [4.69, 9.17) is 4.74 Å². The Morgan fingerprint density at radius 2 is 1.38 bits per heavy atom. The van der Waals surface area contributed by atoms with Gasteiger partial charge in [-0.2, -0.15) is 0 Å². The Kier molecular flexibility index (Phi) is 17.5. The van der Waals surface area contributed by atoms with E-state index in [-0.39, 0.29) is 5.91 Å². The lowest BCUT2D eigenvalue weighted by Crippen LogP contribution is -2.25. The predicted molar refractivity (Wildman–Crippen MR) is 138 cm³/mol. The molecule has 0 atom stereocenters. The number of unbranched alkanes of at least 4 members (excludes halogenated alkanes) is 4. The molecule has 3 nitrogen and oxygen atoms in total. The van der Waals surface area contributed by atoms with Crippen LogP contribution in [0.25, 0.3) is 0 Å². The van der Waals surface area contributed by atoms with E-state index in [9.17, 15) is 4.79 Å². The van der Waals surface area contributed by atoms with Crippen LogP contribution in [0.2, 0.25) is 0 Å². The normalized spacial score (nSPS) is 11.9. The number of carbonyl (C=O) groups is 1. The first-order valence-corrected chi connectivity index (χ1v) is 12.3. The molecule has 0 fully saturated rings. The van der Waals surface area contributed by atoms with Crippen molar-refractivity contribution in [2.45, 2.75) is 77.6 Å². The summed E-state index contributed by atoms with van der Waals surface area (Å²) in [4.78, 5) is 11.9. The number of carbonyl (C=O) groups excluding carboxylic acids is 1. The number of hydrogen-bond donors (Lipinski definition) is 1. The van der Waals surface area contributed by atoms with E-state index in [0.717, 1.165) is 44.3 Å². The number of rotatable bonds is 18. The minimum Gasteiger partial charge on any atom is -0.497 e. The highest BCUT2D eigenvalue weighted by Crippen LogP contribution is 2.11. The number of hydrogen-bond acceptors (Lipinski definition) is 2. The molecule has 0 heterocycles. The van der Waals surface area contributed by atoms with Crippen LogP contribution in [0.15, 0.2) is 72.9 Å². The van der Waals surface area contributed by atoms with Gasteiger partial charge >= 0.3 is 0 Å². The number of benzene rings is 1. The van der Waals surface area contributed by atoms with Gasteiger partial charge in [0.15, 0.2) is 0 Å². The number of nitrogens with one attached hydrogen (secondary N) is 1. The zero-order valence-electron chi connectivity index (χ0n) is 20.2. The van der Waals surface area contributed by atoms with Crippen LogP contribution in [0, 0.1) is 0 Å². The van der Waals surface area contributed by atoms with E-state index in [1.165, 1.54) is 31.2 Å². The van der Waals surface area contributed by atoms with Crippen molar-refractivity contribution in [3.63, 3.8) is 0 Å². The standard InChI is InChI=1S/C29H43NO2/c1-3-4-5-6-7-8-9-10-11-12-13-14-15-16-17-18-19-20-29(31)30-26-25-27-21-23-28(32-2)24-22-27/h7-8,10-11,13-14,16-17,21-24H,3-6,9,12,15,18-20,25-26H2,1-2H3,(H,30,31)/b8-7-,11-10-,14-13-,17-16-/i2-1. The van der Waals surface area contributed by atoms with Crippen molar-refractivity contribution in [3.8, 4) is 5.75 Å². The maximum atomic E-state index is 11.9. The first kappa shape index (κ1) is 27.5. The van der Waals surface area contributed by atoms with E-state index in [2.05, 4.69) is 60.8 Å². The zero-order valence-corrected chi connectivity index (χ0v) is 20.2. The fraction of sp³-hybridized carbons (Fsp3) is 0.483. The van der Waals surface area contributed by atoms with Crippen molar-refractivity contribution in [2.24, 2.45) is 0 Å². The number of ether oxygens (including phenoxy) is 1. The van der Waals surface area contributed by atoms with Crippen LogP contribution in [0.4, 0.5) is 0 Å². The van der Waals surface area contributed by atoms with Crippen LogP contribution in [-0.2, 0) is 11.2 Å². The molecule has 0 aliphatic carbocycles. The van der Waals surface area contributed by atoms with Gasteiger partial charge in [0.2, 0.25) is 5.91 Å². The average Bonchev–Trinajstić information content (AvgIpc) is 2.81. The summed E-state index contributed by atoms with van der Waals surface area (Å²) in [6, 6.07) is 7.97. The van der Waals surface area contributed by atoms with E-state index in [1.54, 1.807) is 7.11 Å². The third-order valence-corrected chi connectivity index (χ3v) is 5.13. The van der Waals surface area contributed by atoms with Gasteiger partial charge in [0, 0.05) is 13.0 Å². The topological polar surface area (TPSA) is 38.3 Å². The second kappa shape index (κ2) is 20.4. The first-order valence-electron chi connectivity index (χ1n) is 12.3. The summed E-state index contributed by atoms with van der Waals surface area (Å²) in [5, 5.41) is 3.00. The Balaban J connectivity index is 1.95. The molecule has 0 radical (unpaired) electrons. The molecule has 0 aromatic heterocycles. The van der Waals surface area contributed by atoms with E-state index < -0.39 is 0 Å². The minimum atomic E-state index is 0.134. The smallest absolute Gasteiger partial charge is 0.220 e. The van der Waals surface area contributed by atoms with Gasteiger partial charge in [-0.25, -0.2) is 0 Å². The molecule has 1 aromatic carbocycles. The molecular weight excluding hydrogens is 393 g/mol. The minimum absolute atomic E-state index is 0.134. The average molecular weight is 437 g/mol. The summed E-state index contributed by atoms with van der Waals surface area (Å²) < 4.78 is 5.15. The third kappa shape index (κ3) is 16.2. The molecule has 0 spiro atoms. The summed E-state index contributed by atoms with van der Waals surface area (Å²) in [6.07, 6.45) is 29.2. The molecule has 1 aromatic rings. The Morgan fingerprint density at radius 3 is 1.94 bits per heavy atom. The third-order valence-electron chi connectivity index (χ3n) is 5.13. The Morgan fingerprint density at radius 1 is 0.812 bits per heavy atom. The van der Waals surface area contributed by atoms with Crippen molar-refractivity contribution in [3.05, 3.63) is 78.4 Å². The lowest BCUT2D eigenvalue weighted by molar-refractivity contribution is -0.121. The molecule has 0 saturated heterocycles. The quantitative estimate of drug-likeness (QED) is 0.191. The highest BCUT2D eigenvalue weighted by atomic mass is 16.4. The van der Waals surface area contributed by atoms with Gasteiger partial charge in [0.1, 0.15) is 5.75 Å². The molecule has 1 N–H and O–H groups in total. The Hall–Kier alpha value is -2.55. The van der Waals surface area contributed by atoms with Gasteiger partial charge in [0.05, 0.1) is 7.11 Å². The fourth-order valence-corrected chi connectivity index (χ4v) is 3.17. The highest BCUT2D eigenvalue weighted by Gasteiger charge is 2.00. The summed E-state index contributed by atoms with van der Waals surface area (Å²) in [6.45, 7) is 2.92. The van der Waals surface area contributed by atoms with Gasteiger partial charge in [-0.1, -0.05) is 80.5 Å². The summed E-state index contributed by atoms with van der Waals surface area (Å²) in [5.41, 5.74) is 1.20. The van der Waals surface area contributed by atoms with Gasteiger partial charge in [-0.15, -0.1) is 0 Å². The molecular formula is C29H43NO2. The molecule has 1 rings (SSSR count). The van der Waals surface area contributed by atoms with E-state index in [0.29, 0.717) is 13.0 Å². The van der Waals surface area contributed by atoms with Crippen LogP contribution in [0.5, 0.6) is 5.75 Å². The van der Waals surface area contributed by atoms with Gasteiger partial charge < -0.3 is 10.1 Å². The molecule has 0 bridgehead atoms. The van der Waals surface area contributed by atoms with Crippen LogP contribution in [0.1, 0.15) is 76.7 Å². The van der Waals surface area contributed by atoms with Gasteiger partial charge in [-0.3, -0.25) is 4.79 Å². The number of methoxy groups -OCH3 is 1. The molecule has 32 heavy (non-hydrogen) atoms. The van der Waals surface area contributed by atoms with Crippen LogP contribution in [-0.4, -0.2) is 19.6 Å². The first-order chi connectivity index (χ1) is 15.8. The van der Waals surface area contributed by atoms with Crippen LogP contribution >= 0.6 is 0 Å². The highest BCUT2D eigenvalue weighted by molar-refractivity contribution is 5.75. The molecule has 0 aliphatic rings. The predicted octanol–water partition coefficient (Wildman–Crippen LogP) is 7.50. The second-order valence-electron chi connectivity index (χ2n) is 7.93. The Bertz CT molecular complexity index is 698. The van der Waals surface area contributed by atoms with Crippen molar-refractivity contribution >= 4 is 5.91 Å². The van der Waals surface area contributed by atoms with Crippen LogP contribution < -0.4 is 10.1 Å². The molecule has 0 saturated carbocycles. The lowest BCUT2D eigenvalue weighted by atomic mass is 10.1. The number of amides is 1. The van der Waals surface area contributed by atoms with Crippen molar-refractivity contribution in [2.75, 3.05) is 13.7 Å². The monoisotopic (exact) mass is 436 g/mol. The molecule has 0 aliphatic heterocycles. The Labute approximate surface area is 196 Å². The van der Waals surface area contributed by atoms with E-state index in [1.807, 2.05) is 24.3 Å². The van der Waals surface area contributed by atoms with Crippen molar-refractivity contribution in [1.82, 2.24) is 5.32 Å². The van der Waals surface area contributed by atoms with Gasteiger partial charge in [-0.05, 0) is 69.1 Å². The second-order valence-corrected chi connectivity index (χ2v) is 7.93. The van der Waals surface area contributed by atoms with Crippen molar-refractivity contribution in [1.29, 1.82) is 0 Å². The maximum Gasteiger partial charge on any atom is 0.220 e. The molecule has 176 valence electrons. The maximum absolute atomic E-state index is 11.9.